The Balaban J connectivity index is 1.61. The number of halogens is 4. The molecule has 11 heteroatoms. The first kappa shape index (κ1) is 24.3. The Morgan fingerprint density at radius 3 is 2.71 bits per heavy atom. The van der Waals surface area contributed by atoms with Gasteiger partial charge in [0.1, 0.15) is 17.9 Å². The SMILES string of the molecule is OCC1CCC(Nc2nc(NCC(F)(F)F)nc(Cl)c2C#Cc2ccc(-c3ccccn3)s2)C1. The van der Waals surface area contributed by atoms with Crippen LogP contribution in [-0.2, 0) is 0 Å². The summed E-state index contributed by atoms with van der Waals surface area (Å²) in [5, 5.41) is 14.8. The number of rotatable bonds is 6. The maximum Gasteiger partial charge on any atom is 0.405 e. The molecule has 3 heterocycles. The zero-order chi connectivity index (χ0) is 24.1. The minimum atomic E-state index is -4.42. The van der Waals surface area contributed by atoms with Gasteiger partial charge < -0.3 is 15.7 Å². The van der Waals surface area contributed by atoms with Crippen molar-refractivity contribution >= 4 is 34.7 Å². The topological polar surface area (TPSA) is 83.0 Å². The molecule has 0 bridgehead atoms. The Kier molecular flexibility index (Phi) is 7.56. The summed E-state index contributed by atoms with van der Waals surface area (Å²) in [6.45, 7) is -1.19. The maximum absolute atomic E-state index is 12.6. The summed E-state index contributed by atoms with van der Waals surface area (Å²) in [5.41, 5.74) is 1.14. The molecule has 1 aliphatic carbocycles. The number of nitrogens with zero attached hydrogens (tertiary/aromatic N) is 3. The number of aliphatic hydroxyl groups excluding tert-OH is 1. The average Bonchev–Trinajstić information content (AvgIpc) is 3.47. The highest BCUT2D eigenvalue weighted by Gasteiger charge is 2.28. The van der Waals surface area contributed by atoms with E-state index in [1.54, 1.807) is 6.20 Å². The second-order valence-electron chi connectivity index (χ2n) is 7.86. The second kappa shape index (κ2) is 10.6. The van der Waals surface area contributed by atoms with E-state index < -0.39 is 12.7 Å². The predicted molar refractivity (Wildman–Crippen MR) is 127 cm³/mol. The van der Waals surface area contributed by atoms with E-state index in [1.165, 1.54) is 11.3 Å². The van der Waals surface area contributed by atoms with Gasteiger partial charge >= 0.3 is 6.18 Å². The zero-order valence-corrected chi connectivity index (χ0v) is 19.4. The minimum Gasteiger partial charge on any atom is -0.396 e. The van der Waals surface area contributed by atoms with Gasteiger partial charge in [-0.15, -0.1) is 11.3 Å². The lowest BCUT2D eigenvalue weighted by atomic mass is 10.1. The molecule has 178 valence electrons. The first-order valence-electron chi connectivity index (χ1n) is 10.6. The fraction of sp³-hybridized carbons (Fsp3) is 0.348. The number of hydrogen-bond acceptors (Lipinski definition) is 7. The molecule has 0 radical (unpaired) electrons. The fourth-order valence-electron chi connectivity index (χ4n) is 3.65. The van der Waals surface area contributed by atoms with Gasteiger partial charge in [0.25, 0.3) is 0 Å². The Bertz CT molecular complexity index is 1190. The molecule has 0 aromatic carbocycles. The van der Waals surface area contributed by atoms with E-state index in [2.05, 4.69) is 37.4 Å². The third-order valence-corrected chi connectivity index (χ3v) is 6.58. The van der Waals surface area contributed by atoms with E-state index in [-0.39, 0.29) is 35.5 Å². The number of nitrogens with one attached hydrogen (secondary N) is 2. The van der Waals surface area contributed by atoms with Crippen LogP contribution in [0.5, 0.6) is 0 Å². The number of alkyl halides is 3. The standard InChI is InChI=1S/C23H21ClF3N5OS/c24-20-17(8-6-16-7-9-19(34-16)18-3-1-2-10-28-18)21(30-15-5-4-14(11-15)12-33)32-22(31-20)29-13-23(25,26)27/h1-3,7,9-10,14-15,33H,4-5,11-13H2,(H2,29,30,31,32). The number of aromatic nitrogens is 3. The molecule has 6 nitrogen and oxygen atoms in total. The number of anilines is 2. The quantitative estimate of drug-likeness (QED) is 0.314. The summed E-state index contributed by atoms with van der Waals surface area (Å²) < 4.78 is 37.9. The summed E-state index contributed by atoms with van der Waals surface area (Å²) in [4.78, 5) is 14.2. The summed E-state index contributed by atoms with van der Waals surface area (Å²) in [6.07, 6.45) is -0.350. The van der Waals surface area contributed by atoms with Gasteiger partial charge in [-0.1, -0.05) is 29.5 Å². The average molecular weight is 508 g/mol. The predicted octanol–water partition coefficient (Wildman–Crippen LogP) is 5.20. The first-order valence-corrected chi connectivity index (χ1v) is 11.8. The van der Waals surface area contributed by atoms with Gasteiger partial charge in [0.2, 0.25) is 5.95 Å². The number of hydrogen-bond donors (Lipinski definition) is 3. The number of thiophene rings is 1. The van der Waals surface area contributed by atoms with E-state index in [0.717, 1.165) is 28.3 Å². The van der Waals surface area contributed by atoms with Crippen LogP contribution in [0.1, 0.15) is 29.7 Å². The molecule has 0 saturated heterocycles. The van der Waals surface area contributed by atoms with Crippen LogP contribution in [0.3, 0.4) is 0 Å². The minimum absolute atomic E-state index is 0.00312. The fourth-order valence-corrected chi connectivity index (χ4v) is 4.70. The summed E-state index contributed by atoms with van der Waals surface area (Å²) >= 11 is 7.79. The summed E-state index contributed by atoms with van der Waals surface area (Å²) in [7, 11) is 0. The summed E-state index contributed by atoms with van der Waals surface area (Å²) in [6, 6.07) is 9.44. The largest absolute Gasteiger partial charge is 0.405 e. The number of pyridine rings is 1. The Labute approximate surface area is 203 Å². The molecule has 3 N–H and O–H groups in total. The van der Waals surface area contributed by atoms with E-state index in [0.29, 0.717) is 12.0 Å². The van der Waals surface area contributed by atoms with Crippen LogP contribution in [0.15, 0.2) is 36.5 Å². The zero-order valence-electron chi connectivity index (χ0n) is 17.9. The Morgan fingerprint density at radius 2 is 2.00 bits per heavy atom. The molecular weight excluding hydrogens is 487 g/mol. The van der Waals surface area contributed by atoms with E-state index >= 15 is 0 Å². The molecule has 3 aromatic heterocycles. The monoisotopic (exact) mass is 507 g/mol. The smallest absolute Gasteiger partial charge is 0.396 e. The third-order valence-electron chi connectivity index (χ3n) is 5.29. The molecule has 0 spiro atoms. The van der Waals surface area contributed by atoms with Crippen molar-refractivity contribution < 1.29 is 18.3 Å². The lowest BCUT2D eigenvalue weighted by Gasteiger charge is -2.17. The van der Waals surface area contributed by atoms with Gasteiger partial charge in [-0.3, -0.25) is 4.98 Å². The van der Waals surface area contributed by atoms with Crippen LogP contribution < -0.4 is 10.6 Å². The summed E-state index contributed by atoms with van der Waals surface area (Å²) in [5.74, 6) is 6.23. The molecule has 2 unspecified atom stereocenters. The Hall–Kier alpha value is -2.87. The molecule has 0 aliphatic heterocycles. The molecule has 4 rings (SSSR count). The molecular formula is C23H21ClF3N5OS. The van der Waals surface area contributed by atoms with Crippen molar-refractivity contribution in [3.63, 3.8) is 0 Å². The van der Waals surface area contributed by atoms with Gasteiger partial charge in [-0.05, 0) is 49.4 Å². The maximum atomic E-state index is 12.6. The van der Waals surface area contributed by atoms with Gasteiger partial charge in [-0.25, -0.2) is 0 Å². The third kappa shape index (κ3) is 6.38. The van der Waals surface area contributed by atoms with Gasteiger partial charge in [-0.2, -0.15) is 23.1 Å². The van der Waals surface area contributed by atoms with Gasteiger partial charge in [0.05, 0.1) is 15.4 Å². The highest BCUT2D eigenvalue weighted by Crippen LogP contribution is 2.31. The van der Waals surface area contributed by atoms with Crippen molar-refractivity contribution in [2.45, 2.75) is 31.5 Å². The molecule has 1 fully saturated rings. The van der Waals surface area contributed by atoms with Crippen molar-refractivity contribution in [3.05, 3.63) is 52.1 Å². The normalized spacial score (nSPS) is 17.8. The first-order chi connectivity index (χ1) is 16.3. The van der Waals surface area contributed by atoms with Crippen molar-refractivity contribution in [1.29, 1.82) is 0 Å². The van der Waals surface area contributed by atoms with Crippen molar-refractivity contribution in [1.82, 2.24) is 15.0 Å². The molecule has 3 aromatic rings. The molecule has 1 saturated carbocycles. The van der Waals surface area contributed by atoms with Crippen LogP contribution in [-0.4, -0.2) is 45.4 Å². The van der Waals surface area contributed by atoms with Crippen LogP contribution >= 0.6 is 22.9 Å². The molecule has 1 aliphatic rings. The van der Waals surface area contributed by atoms with Crippen LogP contribution in [0.25, 0.3) is 10.6 Å². The number of aliphatic hydroxyl groups is 1. The van der Waals surface area contributed by atoms with Crippen LogP contribution in [0.4, 0.5) is 24.9 Å². The highest BCUT2D eigenvalue weighted by atomic mass is 35.5. The van der Waals surface area contributed by atoms with Crippen molar-refractivity contribution in [2.24, 2.45) is 5.92 Å². The highest BCUT2D eigenvalue weighted by molar-refractivity contribution is 7.16. The molecule has 2 atom stereocenters. The lowest BCUT2D eigenvalue weighted by Crippen LogP contribution is -2.23. The van der Waals surface area contributed by atoms with E-state index in [9.17, 15) is 18.3 Å². The van der Waals surface area contributed by atoms with Crippen molar-refractivity contribution in [3.8, 4) is 22.4 Å². The van der Waals surface area contributed by atoms with E-state index in [4.69, 9.17) is 11.6 Å². The lowest BCUT2D eigenvalue weighted by molar-refractivity contribution is -0.115. The second-order valence-corrected chi connectivity index (χ2v) is 9.30. The van der Waals surface area contributed by atoms with Crippen molar-refractivity contribution in [2.75, 3.05) is 23.8 Å². The molecule has 34 heavy (non-hydrogen) atoms. The van der Waals surface area contributed by atoms with E-state index in [1.807, 2.05) is 30.3 Å². The van der Waals surface area contributed by atoms with Gasteiger partial charge in [0.15, 0.2) is 5.15 Å². The molecule has 0 amide bonds. The Morgan fingerprint density at radius 1 is 1.15 bits per heavy atom. The van der Waals surface area contributed by atoms with Gasteiger partial charge in [0, 0.05) is 18.8 Å². The van der Waals surface area contributed by atoms with Crippen LogP contribution in [0.2, 0.25) is 5.15 Å². The van der Waals surface area contributed by atoms with Crippen LogP contribution in [0, 0.1) is 17.8 Å².